The second-order valence-electron chi connectivity index (χ2n) is 7.80. The molecule has 0 saturated carbocycles. The number of anilines is 1. The highest BCUT2D eigenvalue weighted by atomic mass is 35.5. The van der Waals surface area contributed by atoms with E-state index in [4.69, 9.17) is 16.3 Å². The molecule has 3 aromatic carbocycles. The summed E-state index contributed by atoms with van der Waals surface area (Å²) in [7, 11) is 0. The molecule has 0 saturated heterocycles. The van der Waals surface area contributed by atoms with Gasteiger partial charge in [0.25, 0.3) is 17.7 Å². The fourth-order valence-corrected chi connectivity index (χ4v) is 3.87. The molecule has 0 atom stereocenters. The zero-order valence-corrected chi connectivity index (χ0v) is 19.8. The van der Waals surface area contributed by atoms with Gasteiger partial charge >= 0.3 is 0 Å². The summed E-state index contributed by atoms with van der Waals surface area (Å²) < 4.78 is 5.55. The first-order valence-corrected chi connectivity index (χ1v) is 11.5. The van der Waals surface area contributed by atoms with Crippen molar-refractivity contribution in [1.29, 1.82) is 0 Å². The Labute approximate surface area is 208 Å². The molecule has 2 N–H and O–H groups in total. The number of carbonyl (C=O) groups excluding carboxylic acids is 3. The minimum Gasteiger partial charge on any atom is -0.492 e. The summed E-state index contributed by atoms with van der Waals surface area (Å²) in [5.41, 5.74) is 2.78. The molecular formula is C27H24ClN3O4. The highest BCUT2D eigenvalue weighted by Gasteiger charge is 2.37. The Morgan fingerprint density at radius 1 is 0.886 bits per heavy atom. The molecule has 0 fully saturated rings. The maximum Gasteiger partial charge on any atom is 0.278 e. The van der Waals surface area contributed by atoms with Crippen LogP contribution in [-0.2, 0) is 22.7 Å². The van der Waals surface area contributed by atoms with Crippen LogP contribution in [0.1, 0.15) is 28.4 Å². The third kappa shape index (κ3) is 5.53. The van der Waals surface area contributed by atoms with E-state index in [9.17, 15) is 14.4 Å². The Bertz CT molecular complexity index is 1270. The zero-order valence-electron chi connectivity index (χ0n) is 19.1. The molecule has 0 spiro atoms. The lowest BCUT2D eigenvalue weighted by Crippen LogP contribution is -2.33. The molecule has 1 heterocycles. The number of para-hydroxylation sites is 2. The van der Waals surface area contributed by atoms with Crippen LogP contribution in [0.2, 0.25) is 0 Å². The van der Waals surface area contributed by atoms with Gasteiger partial charge in [-0.3, -0.25) is 19.3 Å². The number of hydrogen-bond acceptors (Lipinski definition) is 5. The molecular weight excluding hydrogens is 466 g/mol. The topological polar surface area (TPSA) is 87.7 Å². The van der Waals surface area contributed by atoms with Crippen LogP contribution in [0.5, 0.6) is 5.75 Å². The average Bonchev–Trinajstić information content (AvgIpc) is 3.07. The van der Waals surface area contributed by atoms with Gasteiger partial charge in [-0.2, -0.15) is 0 Å². The van der Waals surface area contributed by atoms with E-state index in [0.717, 1.165) is 16.0 Å². The lowest BCUT2D eigenvalue weighted by molar-refractivity contribution is -0.138. The Hall–Kier alpha value is -4.10. The van der Waals surface area contributed by atoms with Crippen molar-refractivity contribution >= 4 is 35.0 Å². The predicted octanol–water partition coefficient (Wildman–Crippen LogP) is 4.45. The van der Waals surface area contributed by atoms with Crippen LogP contribution in [0, 0.1) is 0 Å². The summed E-state index contributed by atoms with van der Waals surface area (Å²) in [6.07, 6.45) is 0. The highest BCUT2D eigenvalue weighted by Crippen LogP contribution is 2.25. The van der Waals surface area contributed by atoms with Gasteiger partial charge in [0.15, 0.2) is 0 Å². The van der Waals surface area contributed by atoms with Gasteiger partial charge < -0.3 is 15.4 Å². The van der Waals surface area contributed by atoms with Crippen molar-refractivity contribution in [3.63, 3.8) is 0 Å². The van der Waals surface area contributed by atoms with Crippen molar-refractivity contribution in [3.05, 3.63) is 106 Å². The van der Waals surface area contributed by atoms with Crippen LogP contribution in [-0.4, -0.2) is 29.2 Å². The Kier molecular flexibility index (Phi) is 7.48. The molecule has 0 bridgehead atoms. The van der Waals surface area contributed by atoms with Gasteiger partial charge in [0, 0.05) is 12.1 Å². The van der Waals surface area contributed by atoms with Gasteiger partial charge in [0.1, 0.15) is 16.5 Å². The van der Waals surface area contributed by atoms with E-state index in [1.165, 1.54) is 0 Å². The van der Waals surface area contributed by atoms with Crippen LogP contribution in [0.25, 0.3) is 0 Å². The fourth-order valence-electron chi connectivity index (χ4n) is 3.62. The van der Waals surface area contributed by atoms with E-state index in [1.54, 1.807) is 36.4 Å². The molecule has 1 aliphatic rings. The number of rotatable bonds is 9. The molecule has 178 valence electrons. The number of nitrogens with one attached hydrogen (secondary N) is 2. The molecule has 8 heteroatoms. The van der Waals surface area contributed by atoms with Crippen LogP contribution >= 0.6 is 11.6 Å². The minimum atomic E-state index is -0.526. The Balaban J connectivity index is 1.37. The minimum absolute atomic E-state index is 0.0712. The van der Waals surface area contributed by atoms with Gasteiger partial charge in [0.2, 0.25) is 0 Å². The van der Waals surface area contributed by atoms with Gasteiger partial charge in [-0.15, -0.1) is 0 Å². The monoisotopic (exact) mass is 489 g/mol. The average molecular weight is 490 g/mol. The van der Waals surface area contributed by atoms with E-state index in [-0.39, 0.29) is 29.7 Å². The number of halogens is 1. The maximum absolute atomic E-state index is 12.8. The maximum atomic E-state index is 12.8. The molecule has 0 unspecified atom stereocenters. The van der Waals surface area contributed by atoms with Gasteiger partial charge in [-0.1, -0.05) is 66.2 Å². The fraction of sp³-hybridized carbons (Fsp3) is 0.148. The van der Waals surface area contributed by atoms with Gasteiger partial charge in [-0.05, 0) is 42.3 Å². The Morgan fingerprint density at radius 3 is 2.29 bits per heavy atom. The summed E-state index contributed by atoms with van der Waals surface area (Å²) in [5, 5.41) is 5.70. The number of benzene rings is 3. The summed E-state index contributed by atoms with van der Waals surface area (Å²) >= 11 is 6.17. The summed E-state index contributed by atoms with van der Waals surface area (Å²) in [5.74, 6) is -0.655. The molecule has 7 nitrogen and oxygen atoms in total. The number of carbonyl (C=O) groups is 3. The number of amides is 3. The summed E-state index contributed by atoms with van der Waals surface area (Å²) in [6, 6.07) is 23.4. The first-order valence-electron chi connectivity index (χ1n) is 11.1. The third-order valence-corrected chi connectivity index (χ3v) is 5.77. The van der Waals surface area contributed by atoms with Gasteiger partial charge in [-0.25, -0.2) is 0 Å². The van der Waals surface area contributed by atoms with E-state index in [0.29, 0.717) is 23.6 Å². The number of ether oxygens (including phenoxy) is 1. The first-order chi connectivity index (χ1) is 17.0. The second kappa shape index (κ2) is 10.9. The quantitative estimate of drug-likeness (QED) is 0.434. The first kappa shape index (κ1) is 24.0. The van der Waals surface area contributed by atoms with Gasteiger partial charge in [0.05, 0.1) is 18.8 Å². The molecule has 1 aliphatic heterocycles. The van der Waals surface area contributed by atoms with E-state index in [2.05, 4.69) is 10.6 Å². The lowest BCUT2D eigenvalue weighted by Gasteiger charge is -2.15. The Morgan fingerprint density at radius 2 is 1.57 bits per heavy atom. The van der Waals surface area contributed by atoms with Crippen molar-refractivity contribution in [1.82, 2.24) is 10.2 Å². The zero-order chi connectivity index (χ0) is 24.8. The largest absolute Gasteiger partial charge is 0.492 e. The molecule has 3 aromatic rings. The van der Waals surface area contributed by atoms with Crippen molar-refractivity contribution in [3.8, 4) is 5.75 Å². The third-order valence-electron chi connectivity index (χ3n) is 5.42. The molecule has 4 rings (SSSR count). The van der Waals surface area contributed by atoms with E-state index in [1.807, 2.05) is 49.4 Å². The van der Waals surface area contributed by atoms with Crippen molar-refractivity contribution in [2.24, 2.45) is 0 Å². The number of hydrogen-bond donors (Lipinski definition) is 2. The standard InChI is InChI=1S/C27H24ClN3O4/c1-2-35-22-11-7-6-10-21(22)30-25(32)20-14-12-18(13-15-20)16-29-24-23(28)26(33)31(27(24)34)17-19-8-4-3-5-9-19/h3-15,29H,2,16-17H2,1H3,(H,30,32). The number of imide groups is 1. The SMILES string of the molecule is CCOc1ccccc1NC(=O)c1ccc(CNC2=C(Cl)C(=O)N(Cc3ccccc3)C2=O)cc1. The molecule has 0 aromatic heterocycles. The molecule has 0 aliphatic carbocycles. The molecule has 35 heavy (non-hydrogen) atoms. The lowest BCUT2D eigenvalue weighted by atomic mass is 10.1. The van der Waals surface area contributed by atoms with Crippen molar-refractivity contribution < 1.29 is 19.1 Å². The van der Waals surface area contributed by atoms with Crippen molar-refractivity contribution in [2.45, 2.75) is 20.0 Å². The number of nitrogens with zero attached hydrogens (tertiary/aromatic N) is 1. The van der Waals surface area contributed by atoms with Crippen LogP contribution in [0.4, 0.5) is 5.69 Å². The smallest absolute Gasteiger partial charge is 0.278 e. The summed E-state index contributed by atoms with van der Waals surface area (Å²) in [6.45, 7) is 2.78. The van der Waals surface area contributed by atoms with Crippen LogP contribution in [0.3, 0.4) is 0 Å². The summed E-state index contributed by atoms with van der Waals surface area (Å²) in [4.78, 5) is 39.1. The molecule has 3 amide bonds. The highest BCUT2D eigenvalue weighted by molar-refractivity contribution is 6.47. The molecule has 0 radical (unpaired) electrons. The predicted molar refractivity (Wildman–Crippen MR) is 134 cm³/mol. The van der Waals surface area contributed by atoms with E-state index < -0.39 is 11.8 Å². The van der Waals surface area contributed by atoms with Crippen LogP contribution in [0.15, 0.2) is 89.6 Å². The van der Waals surface area contributed by atoms with Crippen molar-refractivity contribution in [2.75, 3.05) is 11.9 Å². The normalized spacial score (nSPS) is 13.3. The second-order valence-corrected chi connectivity index (χ2v) is 8.18. The van der Waals surface area contributed by atoms with Crippen LogP contribution < -0.4 is 15.4 Å². The van der Waals surface area contributed by atoms with E-state index >= 15 is 0 Å².